The molecule has 0 aliphatic carbocycles. The number of aryl methyl sites for hydroxylation is 2. The van der Waals surface area contributed by atoms with Crippen molar-refractivity contribution in [3.05, 3.63) is 70.0 Å². The zero-order valence-corrected chi connectivity index (χ0v) is 12.3. The van der Waals surface area contributed by atoms with Crippen molar-refractivity contribution in [1.82, 2.24) is 5.32 Å². The summed E-state index contributed by atoms with van der Waals surface area (Å²) in [4.78, 5) is 0. The molecular weight excluding hydrogens is 275 g/mol. The second kappa shape index (κ2) is 6.31. The van der Waals surface area contributed by atoms with E-state index in [2.05, 4.69) is 5.32 Å². The Morgan fingerprint density at radius 2 is 1.57 bits per heavy atom. The van der Waals surface area contributed by atoms with Crippen LogP contribution in [0.15, 0.2) is 30.3 Å². The van der Waals surface area contributed by atoms with Crippen molar-refractivity contribution < 1.29 is 13.2 Å². The van der Waals surface area contributed by atoms with Gasteiger partial charge in [-0.15, -0.1) is 0 Å². The third kappa shape index (κ3) is 3.45. The Kier molecular flexibility index (Phi) is 4.68. The summed E-state index contributed by atoms with van der Waals surface area (Å²) < 4.78 is 39.9. The summed E-state index contributed by atoms with van der Waals surface area (Å²) in [6, 6.07) is 7.35. The summed E-state index contributed by atoms with van der Waals surface area (Å²) in [5.41, 5.74) is 2.78. The molecule has 0 heterocycles. The van der Waals surface area contributed by atoms with Crippen LogP contribution in [0.4, 0.5) is 13.2 Å². The second-order valence-corrected chi connectivity index (χ2v) is 5.26. The molecule has 0 amide bonds. The Morgan fingerprint density at radius 3 is 2.10 bits per heavy atom. The van der Waals surface area contributed by atoms with E-state index < -0.39 is 11.6 Å². The first-order chi connectivity index (χ1) is 9.92. The molecule has 0 aliphatic rings. The van der Waals surface area contributed by atoms with Crippen molar-refractivity contribution in [2.75, 3.05) is 7.05 Å². The van der Waals surface area contributed by atoms with Gasteiger partial charge in [0.15, 0.2) is 11.6 Å². The molecule has 0 saturated heterocycles. The van der Waals surface area contributed by atoms with Gasteiger partial charge in [0, 0.05) is 6.04 Å². The van der Waals surface area contributed by atoms with E-state index in [4.69, 9.17) is 0 Å². The summed E-state index contributed by atoms with van der Waals surface area (Å²) in [6.07, 6.45) is 0.498. The highest BCUT2D eigenvalue weighted by Crippen LogP contribution is 2.23. The summed E-state index contributed by atoms with van der Waals surface area (Å²) in [6.45, 7) is 3.44. The summed E-state index contributed by atoms with van der Waals surface area (Å²) >= 11 is 0. The molecule has 0 spiro atoms. The Hall–Kier alpha value is -1.81. The van der Waals surface area contributed by atoms with E-state index in [1.807, 2.05) is 0 Å². The number of hydrogen-bond donors (Lipinski definition) is 1. The van der Waals surface area contributed by atoms with Crippen molar-refractivity contribution in [3.63, 3.8) is 0 Å². The minimum Gasteiger partial charge on any atom is -0.313 e. The molecule has 0 radical (unpaired) electrons. The molecule has 21 heavy (non-hydrogen) atoms. The van der Waals surface area contributed by atoms with Crippen molar-refractivity contribution in [1.29, 1.82) is 0 Å². The molecule has 0 saturated carbocycles. The lowest BCUT2D eigenvalue weighted by atomic mass is 9.95. The highest BCUT2D eigenvalue weighted by molar-refractivity contribution is 5.33. The number of likely N-dealkylation sites (N-methyl/N-ethyl adjacent to an activating group) is 1. The molecule has 0 bridgehead atoms. The maximum absolute atomic E-state index is 13.7. The monoisotopic (exact) mass is 293 g/mol. The highest BCUT2D eigenvalue weighted by atomic mass is 19.2. The van der Waals surface area contributed by atoms with Crippen LogP contribution in [0.25, 0.3) is 0 Å². The van der Waals surface area contributed by atoms with E-state index in [9.17, 15) is 13.2 Å². The van der Waals surface area contributed by atoms with Gasteiger partial charge in [-0.1, -0.05) is 18.2 Å². The molecule has 1 atom stereocenters. The van der Waals surface area contributed by atoms with Crippen LogP contribution in [-0.2, 0) is 6.42 Å². The van der Waals surface area contributed by atoms with Gasteiger partial charge in [0.25, 0.3) is 0 Å². The smallest absolute Gasteiger partial charge is 0.159 e. The van der Waals surface area contributed by atoms with Crippen molar-refractivity contribution >= 4 is 0 Å². The van der Waals surface area contributed by atoms with Gasteiger partial charge >= 0.3 is 0 Å². The van der Waals surface area contributed by atoms with Crippen LogP contribution in [0.1, 0.15) is 28.3 Å². The van der Waals surface area contributed by atoms with Gasteiger partial charge < -0.3 is 5.32 Å². The maximum Gasteiger partial charge on any atom is 0.159 e. The molecule has 0 aromatic heterocycles. The SMILES string of the molecule is CNC(Cc1ccc(F)c(F)c1)c1cc(C)c(F)c(C)c1. The average molecular weight is 293 g/mol. The van der Waals surface area contributed by atoms with Gasteiger partial charge in [0.05, 0.1) is 0 Å². The van der Waals surface area contributed by atoms with Crippen molar-refractivity contribution in [3.8, 4) is 0 Å². The van der Waals surface area contributed by atoms with Crippen LogP contribution >= 0.6 is 0 Å². The Balaban J connectivity index is 2.29. The fraction of sp³-hybridized carbons (Fsp3) is 0.294. The van der Waals surface area contributed by atoms with E-state index in [1.165, 1.54) is 6.07 Å². The highest BCUT2D eigenvalue weighted by Gasteiger charge is 2.14. The van der Waals surface area contributed by atoms with Gasteiger partial charge in [-0.25, -0.2) is 13.2 Å². The van der Waals surface area contributed by atoms with Gasteiger partial charge in [-0.05, 0) is 61.7 Å². The molecule has 4 heteroatoms. The lowest BCUT2D eigenvalue weighted by Crippen LogP contribution is -2.19. The Morgan fingerprint density at radius 1 is 0.952 bits per heavy atom. The lowest BCUT2D eigenvalue weighted by molar-refractivity contribution is 0.504. The zero-order valence-electron chi connectivity index (χ0n) is 12.3. The van der Waals surface area contributed by atoms with Crippen LogP contribution in [0, 0.1) is 31.3 Å². The third-order valence-electron chi connectivity index (χ3n) is 3.63. The maximum atomic E-state index is 13.7. The minimum atomic E-state index is -0.853. The number of halogens is 3. The molecule has 2 rings (SSSR count). The third-order valence-corrected chi connectivity index (χ3v) is 3.63. The Bertz CT molecular complexity index is 629. The minimum absolute atomic E-state index is 0.0899. The normalized spacial score (nSPS) is 12.5. The Labute approximate surface area is 122 Å². The molecule has 2 aromatic carbocycles. The fourth-order valence-corrected chi connectivity index (χ4v) is 2.47. The second-order valence-electron chi connectivity index (χ2n) is 5.26. The zero-order chi connectivity index (χ0) is 15.6. The van der Waals surface area contributed by atoms with Crippen LogP contribution in [0.3, 0.4) is 0 Å². The number of benzene rings is 2. The van der Waals surface area contributed by atoms with E-state index in [0.29, 0.717) is 23.1 Å². The summed E-state index contributed by atoms with van der Waals surface area (Å²) in [5.74, 6) is -1.91. The molecule has 112 valence electrons. The van der Waals surface area contributed by atoms with Gasteiger partial charge in [0.1, 0.15) is 5.82 Å². The summed E-state index contributed by atoms with van der Waals surface area (Å²) in [5, 5.41) is 3.14. The molecule has 1 nitrogen and oxygen atoms in total. The predicted molar refractivity (Wildman–Crippen MR) is 77.7 cm³/mol. The first-order valence-electron chi connectivity index (χ1n) is 6.80. The van der Waals surface area contributed by atoms with E-state index >= 15 is 0 Å². The van der Waals surface area contributed by atoms with Crippen LogP contribution in [0.2, 0.25) is 0 Å². The lowest BCUT2D eigenvalue weighted by Gasteiger charge is -2.18. The van der Waals surface area contributed by atoms with Gasteiger partial charge in [-0.3, -0.25) is 0 Å². The first-order valence-corrected chi connectivity index (χ1v) is 6.80. The molecular formula is C17H18F3N. The van der Waals surface area contributed by atoms with E-state index in [1.54, 1.807) is 39.1 Å². The molecule has 0 fully saturated rings. The van der Waals surface area contributed by atoms with Gasteiger partial charge in [0.2, 0.25) is 0 Å². The fourth-order valence-electron chi connectivity index (χ4n) is 2.47. The molecule has 0 aliphatic heterocycles. The van der Waals surface area contributed by atoms with Crippen molar-refractivity contribution in [2.45, 2.75) is 26.3 Å². The number of nitrogens with one attached hydrogen (secondary N) is 1. The van der Waals surface area contributed by atoms with E-state index in [0.717, 1.165) is 11.6 Å². The topological polar surface area (TPSA) is 12.0 Å². The van der Waals surface area contributed by atoms with Crippen LogP contribution < -0.4 is 5.32 Å². The van der Waals surface area contributed by atoms with Crippen molar-refractivity contribution in [2.24, 2.45) is 0 Å². The largest absolute Gasteiger partial charge is 0.313 e. The number of hydrogen-bond acceptors (Lipinski definition) is 1. The van der Waals surface area contributed by atoms with Gasteiger partial charge in [-0.2, -0.15) is 0 Å². The number of rotatable bonds is 4. The first kappa shape index (κ1) is 15.6. The van der Waals surface area contributed by atoms with E-state index in [-0.39, 0.29) is 11.9 Å². The standard InChI is InChI=1S/C17H18F3N/c1-10-6-13(7-11(2)17(10)20)16(21-3)9-12-4-5-14(18)15(19)8-12/h4-8,16,21H,9H2,1-3H3. The predicted octanol–water partition coefficient (Wildman–Crippen LogP) is 4.22. The molecule has 1 N–H and O–H groups in total. The molecule has 2 aromatic rings. The van der Waals surface area contributed by atoms with Crippen LogP contribution in [-0.4, -0.2) is 7.05 Å². The average Bonchev–Trinajstić information content (AvgIpc) is 2.45. The quantitative estimate of drug-likeness (QED) is 0.890. The van der Waals surface area contributed by atoms with Crippen LogP contribution in [0.5, 0.6) is 0 Å². The molecule has 1 unspecified atom stereocenters. The summed E-state index contributed by atoms with van der Waals surface area (Å²) in [7, 11) is 1.79.